The summed E-state index contributed by atoms with van der Waals surface area (Å²) in [5, 5.41) is 16.8. The average Bonchev–Trinajstić information content (AvgIpc) is 3.25. The van der Waals surface area contributed by atoms with Gasteiger partial charge in [-0.2, -0.15) is 0 Å². The van der Waals surface area contributed by atoms with Crippen molar-refractivity contribution in [1.29, 1.82) is 0 Å². The Bertz CT molecular complexity index is 1000. The molecule has 1 saturated heterocycles. The quantitative estimate of drug-likeness (QED) is 0.512. The standard InChI is InChI=1S/C16H18N10/c1-23-11-3-5-17-15(13(11)19-21-23)25-7-9-26(10-8-25)16-14-12(4-6-18-16)24(2)22-20-14/h3-6H,7-10H2,1-2H3. The van der Waals surface area contributed by atoms with E-state index >= 15 is 0 Å². The van der Waals surface area contributed by atoms with Gasteiger partial charge in [0, 0.05) is 52.7 Å². The fourth-order valence-corrected chi connectivity index (χ4v) is 3.49. The highest BCUT2D eigenvalue weighted by molar-refractivity contribution is 5.87. The van der Waals surface area contributed by atoms with E-state index in [2.05, 4.69) is 40.4 Å². The Morgan fingerprint density at radius 2 is 1.12 bits per heavy atom. The van der Waals surface area contributed by atoms with Gasteiger partial charge in [0.2, 0.25) is 0 Å². The fourth-order valence-electron chi connectivity index (χ4n) is 3.49. The maximum atomic E-state index is 4.55. The van der Waals surface area contributed by atoms with Gasteiger partial charge in [0.05, 0.1) is 11.0 Å². The van der Waals surface area contributed by atoms with Gasteiger partial charge in [-0.3, -0.25) is 0 Å². The molecule has 10 nitrogen and oxygen atoms in total. The molecule has 26 heavy (non-hydrogen) atoms. The van der Waals surface area contributed by atoms with Gasteiger partial charge in [0.25, 0.3) is 0 Å². The van der Waals surface area contributed by atoms with Crippen molar-refractivity contribution in [2.45, 2.75) is 0 Å². The first-order valence-corrected chi connectivity index (χ1v) is 8.51. The molecule has 0 atom stereocenters. The molecule has 1 aliphatic rings. The third kappa shape index (κ3) is 2.18. The van der Waals surface area contributed by atoms with E-state index in [1.54, 1.807) is 9.36 Å². The van der Waals surface area contributed by atoms with Crippen molar-refractivity contribution < 1.29 is 0 Å². The molecule has 0 aliphatic carbocycles. The molecule has 0 spiro atoms. The highest BCUT2D eigenvalue weighted by Gasteiger charge is 2.24. The second-order valence-corrected chi connectivity index (χ2v) is 6.40. The number of piperazine rings is 1. The van der Waals surface area contributed by atoms with E-state index in [9.17, 15) is 0 Å². The van der Waals surface area contributed by atoms with E-state index in [1.807, 2.05) is 38.6 Å². The van der Waals surface area contributed by atoms with Crippen molar-refractivity contribution in [2.24, 2.45) is 14.1 Å². The van der Waals surface area contributed by atoms with Gasteiger partial charge in [-0.25, -0.2) is 19.3 Å². The Morgan fingerprint density at radius 3 is 1.54 bits per heavy atom. The average molecular weight is 350 g/mol. The monoisotopic (exact) mass is 350 g/mol. The van der Waals surface area contributed by atoms with Crippen LogP contribution >= 0.6 is 0 Å². The van der Waals surface area contributed by atoms with Gasteiger partial charge in [-0.15, -0.1) is 10.2 Å². The zero-order chi connectivity index (χ0) is 17.7. The number of aromatic nitrogens is 8. The number of pyridine rings is 2. The molecule has 4 aromatic rings. The molecule has 132 valence electrons. The lowest BCUT2D eigenvalue weighted by atomic mass is 10.2. The van der Waals surface area contributed by atoms with Crippen LogP contribution in [0.15, 0.2) is 24.5 Å². The highest BCUT2D eigenvalue weighted by atomic mass is 15.4. The normalized spacial score (nSPS) is 15.3. The second kappa shape index (κ2) is 5.61. The SMILES string of the molecule is Cn1nnc2c(N3CCN(c4nccc5c4nnn5C)CC3)nccc21. The van der Waals surface area contributed by atoms with E-state index in [0.29, 0.717) is 0 Å². The summed E-state index contributed by atoms with van der Waals surface area (Å²) in [6.45, 7) is 3.34. The van der Waals surface area contributed by atoms with Crippen LogP contribution in [-0.2, 0) is 14.1 Å². The molecule has 0 aromatic carbocycles. The summed E-state index contributed by atoms with van der Waals surface area (Å²) in [4.78, 5) is 13.6. The minimum atomic E-state index is 0.834. The van der Waals surface area contributed by atoms with Crippen LogP contribution in [0.4, 0.5) is 11.6 Å². The van der Waals surface area contributed by atoms with E-state index in [0.717, 1.165) is 59.9 Å². The van der Waals surface area contributed by atoms with Gasteiger partial charge in [-0.1, -0.05) is 10.4 Å². The summed E-state index contributed by atoms with van der Waals surface area (Å²) < 4.78 is 3.55. The van der Waals surface area contributed by atoms with Crippen molar-refractivity contribution in [3.05, 3.63) is 24.5 Å². The first-order chi connectivity index (χ1) is 12.7. The van der Waals surface area contributed by atoms with Crippen LogP contribution in [-0.4, -0.2) is 66.1 Å². The van der Waals surface area contributed by atoms with E-state index < -0.39 is 0 Å². The van der Waals surface area contributed by atoms with Gasteiger partial charge in [0.1, 0.15) is 0 Å². The summed E-state index contributed by atoms with van der Waals surface area (Å²) in [7, 11) is 3.79. The van der Waals surface area contributed by atoms with Crippen molar-refractivity contribution in [3.63, 3.8) is 0 Å². The van der Waals surface area contributed by atoms with Crippen LogP contribution in [0.1, 0.15) is 0 Å². The van der Waals surface area contributed by atoms with Gasteiger partial charge in [0.15, 0.2) is 22.7 Å². The van der Waals surface area contributed by atoms with Gasteiger partial charge < -0.3 is 9.80 Å². The lowest BCUT2D eigenvalue weighted by Crippen LogP contribution is -2.47. The molecule has 0 saturated carbocycles. The third-order valence-electron chi connectivity index (χ3n) is 4.90. The summed E-state index contributed by atoms with van der Waals surface area (Å²) in [6.07, 6.45) is 3.63. The molecule has 10 heteroatoms. The number of nitrogens with zero attached hydrogens (tertiary/aromatic N) is 10. The Kier molecular flexibility index (Phi) is 3.24. The predicted octanol–water partition coefficient (Wildman–Crippen LogP) is 0.367. The fraction of sp³-hybridized carbons (Fsp3) is 0.375. The largest absolute Gasteiger partial charge is 0.351 e. The minimum Gasteiger partial charge on any atom is -0.351 e. The molecule has 0 radical (unpaired) electrons. The molecule has 0 amide bonds. The number of anilines is 2. The number of hydrogen-bond donors (Lipinski definition) is 0. The second-order valence-electron chi connectivity index (χ2n) is 6.40. The van der Waals surface area contributed by atoms with Crippen LogP contribution in [0, 0.1) is 0 Å². The maximum Gasteiger partial charge on any atom is 0.158 e. The lowest BCUT2D eigenvalue weighted by molar-refractivity contribution is 0.644. The van der Waals surface area contributed by atoms with Crippen molar-refractivity contribution >= 4 is 33.7 Å². The van der Waals surface area contributed by atoms with E-state index in [1.165, 1.54) is 0 Å². The van der Waals surface area contributed by atoms with Crippen molar-refractivity contribution in [1.82, 2.24) is 40.0 Å². The van der Waals surface area contributed by atoms with E-state index in [-0.39, 0.29) is 0 Å². The molecular formula is C16H18N10. The number of fused-ring (bicyclic) bond motifs is 2. The summed E-state index contributed by atoms with van der Waals surface area (Å²) in [6, 6.07) is 3.88. The van der Waals surface area contributed by atoms with Gasteiger partial charge >= 0.3 is 0 Å². The Balaban J connectivity index is 1.42. The number of rotatable bonds is 2. The Hall–Kier alpha value is -3.30. The molecule has 1 aliphatic heterocycles. The predicted molar refractivity (Wildman–Crippen MR) is 97.0 cm³/mol. The van der Waals surface area contributed by atoms with Crippen molar-refractivity contribution in [2.75, 3.05) is 36.0 Å². The molecule has 5 rings (SSSR count). The van der Waals surface area contributed by atoms with Crippen LogP contribution in [0.25, 0.3) is 22.1 Å². The number of aryl methyl sites for hydroxylation is 2. The number of hydrogen-bond acceptors (Lipinski definition) is 8. The zero-order valence-electron chi connectivity index (χ0n) is 14.6. The first-order valence-electron chi connectivity index (χ1n) is 8.51. The summed E-state index contributed by atoms with van der Waals surface area (Å²) in [5.74, 6) is 1.78. The van der Waals surface area contributed by atoms with Crippen LogP contribution in [0.3, 0.4) is 0 Å². The molecule has 5 heterocycles. The first kappa shape index (κ1) is 15.0. The van der Waals surface area contributed by atoms with Crippen molar-refractivity contribution in [3.8, 4) is 0 Å². The van der Waals surface area contributed by atoms with Crippen LogP contribution in [0.5, 0.6) is 0 Å². The van der Waals surface area contributed by atoms with E-state index in [4.69, 9.17) is 0 Å². The molecular weight excluding hydrogens is 332 g/mol. The van der Waals surface area contributed by atoms with Gasteiger partial charge in [-0.05, 0) is 12.1 Å². The Morgan fingerprint density at radius 1 is 0.692 bits per heavy atom. The lowest BCUT2D eigenvalue weighted by Gasteiger charge is -2.35. The molecule has 4 aromatic heterocycles. The minimum absolute atomic E-state index is 0.834. The molecule has 0 N–H and O–H groups in total. The smallest absolute Gasteiger partial charge is 0.158 e. The van der Waals surface area contributed by atoms with Crippen LogP contribution < -0.4 is 9.80 Å². The highest BCUT2D eigenvalue weighted by Crippen LogP contribution is 2.26. The summed E-state index contributed by atoms with van der Waals surface area (Å²) in [5.41, 5.74) is 3.67. The molecule has 0 bridgehead atoms. The third-order valence-corrected chi connectivity index (χ3v) is 4.90. The Labute approximate surface area is 149 Å². The zero-order valence-corrected chi connectivity index (χ0v) is 14.6. The molecule has 1 fully saturated rings. The molecule has 0 unspecified atom stereocenters. The topological polar surface area (TPSA) is 93.7 Å². The van der Waals surface area contributed by atoms with Crippen LogP contribution in [0.2, 0.25) is 0 Å². The summed E-state index contributed by atoms with van der Waals surface area (Å²) >= 11 is 0. The maximum absolute atomic E-state index is 4.55.